The van der Waals surface area contributed by atoms with Gasteiger partial charge in [0.25, 0.3) is 11.8 Å². The average molecular weight is 543 g/mol. The molecule has 150 valence electrons. The summed E-state index contributed by atoms with van der Waals surface area (Å²) in [6.45, 7) is 2.31. The van der Waals surface area contributed by atoms with Gasteiger partial charge in [0.15, 0.2) is 16.6 Å². The van der Waals surface area contributed by atoms with E-state index in [2.05, 4.69) is 27.9 Å². The van der Waals surface area contributed by atoms with Gasteiger partial charge in [0.2, 0.25) is 0 Å². The summed E-state index contributed by atoms with van der Waals surface area (Å²) >= 11 is 13.2. The van der Waals surface area contributed by atoms with E-state index in [1.807, 2.05) is 6.92 Å². The van der Waals surface area contributed by atoms with Crippen molar-refractivity contribution >= 4 is 75.1 Å². The van der Waals surface area contributed by atoms with Crippen LogP contribution in [0.1, 0.15) is 12.5 Å². The molecular weight excluding hydrogens is 527 g/mol. The van der Waals surface area contributed by atoms with Crippen molar-refractivity contribution in [3.8, 4) is 11.5 Å². The summed E-state index contributed by atoms with van der Waals surface area (Å²) in [5, 5.41) is 3.10. The smallest absolute Gasteiger partial charge is 0.270 e. The number of benzene rings is 2. The lowest BCUT2D eigenvalue weighted by Gasteiger charge is -2.29. The molecule has 2 amide bonds. The molecule has 0 aromatic heterocycles. The van der Waals surface area contributed by atoms with Crippen molar-refractivity contribution in [1.29, 1.82) is 0 Å². The van der Waals surface area contributed by atoms with Crippen LogP contribution < -0.4 is 19.7 Å². The number of thiocarbonyl (C=S) groups is 1. The van der Waals surface area contributed by atoms with Gasteiger partial charge in [-0.3, -0.25) is 19.8 Å². The Bertz CT molecular complexity index is 1020. The highest BCUT2D eigenvalue weighted by Gasteiger charge is 2.34. The van der Waals surface area contributed by atoms with E-state index in [9.17, 15) is 9.59 Å². The Morgan fingerprint density at radius 1 is 1.24 bits per heavy atom. The van der Waals surface area contributed by atoms with Crippen LogP contribution in [0.5, 0.6) is 11.5 Å². The molecule has 0 saturated carbocycles. The van der Waals surface area contributed by atoms with Gasteiger partial charge >= 0.3 is 0 Å². The number of halogens is 2. The third-order valence-electron chi connectivity index (χ3n) is 4.03. The Labute approximate surface area is 191 Å². The first-order valence-electron chi connectivity index (χ1n) is 8.53. The summed E-state index contributed by atoms with van der Waals surface area (Å²) in [6.07, 6.45) is 1.51. The molecule has 1 aliphatic rings. The fraction of sp³-hybridized carbons (Fsp3) is 0.150. The SMILES string of the molecule is CCOc1cc(/C=C2\C(=O)NC(=S)N(c3ccc(Cl)cc3)C2=O)cc(I)c1OC. The Hall–Kier alpha value is -2.17. The first kappa shape index (κ1) is 21.5. The van der Waals surface area contributed by atoms with Crippen LogP contribution in [0, 0.1) is 3.57 Å². The van der Waals surface area contributed by atoms with Crippen LogP contribution in [0.15, 0.2) is 42.0 Å². The summed E-state index contributed by atoms with van der Waals surface area (Å²) in [6, 6.07) is 10.1. The molecule has 1 saturated heterocycles. The maximum atomic E-state index is 13.1. The lowest BCUT2D eigenvalue weighted by molar-refractivity contribution is -0.122. The number of nitrogens with zero attached hydrogens (tertiary/aromatic N) is 1. The zero-order chi connectivity index (χ0) is 21.1. The van der Waals surface area contributed by atoms with Gasteiger partial charge in [-0.25, -0.2) is 0 Å². The largest absolute Gasteiger partial charge is 0.492 e. The second-order valence-electron chi connectivity index (χ2n) is 5.90. The summed E-state index contributed by atoms with van der Waals surface area (Å²) < 4.78 is 11.8. The predicted octanol–water partition coefficient (Wildman–Crippen LogP) is 4.18. The minimum absolute atomic E-state index is 0.0128. The maximum Gasteiger partial charge on any atom is 0.270 e. The fourth-order valence-electron chi connectivity index (χ4n) is 2.78. The van der Waals surface area contributed by atoms with Crippen LogP contribution in [-0.4, -0.2) is 30.6 Å². The summed E-state index contributed by atoms with van der Waals surface area (Å²) in [5.74, 6) is 0.0411. The van der Waals surface area contributed by atoms with Crippen molar-refractivity contribution < 1.29 is 19.1 Å². The minimum atomic E-state index is -0.561. The number of amides is 2. The quantitative estimate of drug-likeness (QED) is 0.266. The third kappa shape index (κ3) is 4.54. The molecule has 1 heterocycles. The first-order valence-corrected chi connectivity index (χ1v) is 10.4. The van der Waals surface area contributed by atoms with E-state index >= 15 is 0 Å². The van der Waals surface area contributed by atoms with E-state index in [0.717, 1.165) is 3.57 Å². The molecule has 2 aromatic rings. The number of hydrogen-bond acceptors (Lipinski definition) is 5. The summed E-state index contributed by atoms with van der Waals surface area (Å²) in [7, 11) is 1.56. The van der Waals surface area contributed by atoms with Gasteiger partial charge in [-0.1, -0.05) is 11.6 Å². The topological polar surface area (TPSA) is 67.9 Å². The van der Waals surface area contributed by atoms with Crippen molar-refractivity contribution in [2.45, 2.75) is 6.92 Å². The number of nitrogens with one attached hydrogen (secondary N) is 1. The number of hydrogen-bond donors (Lipinski definition) is 1. The van der Waals surface area contributed by atoms with Crippen LogP contribution in [0.25, 0.3) is 6.08 Å². The normalized spacial score (nSPS) is 15.5. The van der Waals surface area contributed by atoms with E-state index in [1.165, 1.54) is 11.0 Å². The van der Waals surface area contributed by atoms with Gasteiger partial charge in [-0.05, 0) is 89.8 Å². The van der Waals surface area contributed by atoms with E-state index in [4.69, 9.17) is 33.3 Å². The van der Waals surface area contributed by atoms with Crippen LogP contribution in [0.2, 0.25) is 5.02 Å². The standard InChI is InChI=1S/C20H16ClIN2O4S/c1-3-28-16-10-11(9-15(22)17(16)27-2)8-14-18(25)23-20(29)24(19(14)26)13-6-4-12(21)5-7-13/h4-10H,3H2,1-2H3,(H,23,25,29)/b14-8+. The van der Waals surface area contributed by atoms with E-state index in [-0.39, 0.29) is 10.7 Å². The zero-order valence-electron chi connectivity index (χ0n) is 15.5. The van der Waals surface area contributed by atoms with E-state index in [1.54, 1.807) is 43.5 Å². The Balaban J connectivity index is 2.03. The van der Waals surface area contributed by atoms with Crippen LogP contribution in [0.3, 0.4) is 0 Å². The van der Waals surface area contributed by atoms with Crippen molar-refractivity contribution in [2.24, 2.45) is 0 Å². The fourth-order valence-corrected chi connectivity index (χ4v) is 4.03. The average Bonchev–Trinajstić information content (AvgIpc) is 2.67. The Morgan fingerprint density at radius 2 is 1.93 bits per heavy atom. The zero-order valence-corrected chi connectivity index (χ0v) is 19.2. The third-order valence-corrected chi connectivity index (χ3v) is 5.37. The van der Waals surface area contributed by atoms with Gasteiger partial charge in [0.05, 0.1) is 23.0 Å². The number of methoxy groups -OCH3 is 1. The van der Waals surface area contributed by atoms with Gasteiger partial charge in [0.1, 0.15) is 5.57 Å². The Kier molecular flexibility index (Phi) is 6.76. The molecule has 1 N–H and O–H groups in total. The molecule has 3 rings (SSSR count). The molecule has 0 unspecified atom stereocenters. The number of anilines is 1. The summed E-state index contributed by atoms with van der Waals surface area (Å²) in [5.41, 5.74) is 1.09. The lowest BCUT2D eigenvalue weighted by atomic mass is 10.1. The first-order chi connectivity index (χ1) is 13.8. The molecule has 0 aliphatic carbocycles. The van der Waals surface area contributed by atoms with Crippen molar-refractivity contribution in [3.63, 3.8) is 0 Å². The predicted molar refractivity (Wildman–Crippen MR) is 125 cm³/mol. The lowest BCUT2D eigenvalue weighted by Crippen LogP contribution is -2.54. The van der Waals surface area contributed by atoms with Crippen molar-refractivity contribution in [2.75, 3.05) is 18.6 Å². The van der Waals surface area contributed by atoms with Crippen LogP contribution in [0.4, 0.5) is 5.69 Å². The monoisotopic (exact) mass is 542 g/mol. The van der Waals surface area contributed by atoms with Crippen LogP contribution >= 0.6 is 46.4 Å². The van der Waals surface area contributed by atoms with E-state index < -0.39 is 11.8 Å². The number of carbonyl (C=O) groups excluding carboxylic acids is 2. The van der Waals surface area contributed by atoms with Crippen molar-refractivity contribution in [3.05, 3.63) is 56.1 Å². The molecule has 0 spiro atoms. The van der Waals surface area contributed by atoms with Gasteiger partial charge in [-0.15, -0.1) is 0 Å². The maximum absolute atomic E-state index is 13.1. The second-order valence-corrected chi connectivity index (χ2v) is 7.89. The molecular formula is C20H16ClIN2O4S. The molecule has 1 aliphatic heterocycles. The second kappa shape index (κ2) is 9.10. The highest BCUT2D eigenvalue weighted by atomic mass is 127. The molecule has 9 heteroatoms. The molecule has 0 bridgehead atoms. The molecule has 0 radical (unpaired) electrons. The molecule has 29 heavy (non-hydrogen) atoms. The van der Waals surface area contributed by atoms with Gasteiger partial charge in [-0.2, -0.15) is 0 Å². The minimum Gasteiger partial charge on any atom is -0.492 e. The molecule has 2 aromatic carbocycles. The highest BCUT2D eigenvalue weighted by Crippen LogP contribution is 2.35. The number of rotatable bonds is 5. The Morgan fingerprint density at radius 3 is 2.55 bits per heavy atom. The van der Waals surface area contributed by atoms with E-state index in [0.29, 0.717) is 34.4 Å². The van der Waals surface area contributed by atoms with Crippen LogP contribution in [-0.2, 0) is 9.59 Å². The van der Waals surface area contributed by atoms with Gasteiger partial charge < -0.3 is 9.47 Å². The number of carbonyl (C=O) groups is 2. The van der Waals surface area contributed by atoms with Gasteiger partial charge in [0, 0.05) is 5.02 Å². The molecule has 6 nitrogen and oxygen atoms in total. The van der Waals surface area contributed by atoms with Crippen molar-refractivity contribution in [1.82, 2.24) is 5.32 Å². The summed E-state index contributed by atoms with van der Waals surface area (Å²) in [4.78, 5) is 26.8. The molecule has 1 fully saturated rings. The highest BCUT2D eigenvalue weighted by molar-refractivity contribution is 14.1. The molecule has 0 atom stereocenters. The number of ether oxygens (including phenoxy) is 2.